The Morgan fingerprint density at radius 1 is 1.17 bits per heavy atom. The van der Waals surface area contributed by atoms with Crippen LogP contribution in [0, 0.1) is 0 Å². The van der Waals surface area contributed by atoms with Crippen molar-refractivity contribution in [3.63, 3.8) is 0 Å². The molecule has 8 nitrogen and oxygen atoms in total. The Kier molecular flexibility index (Phi) is 7.26. The molecule has 0 heterocycles. The van der Waals surface area contributed by atoms with E-state index in [1.165, 1.54) is 32.2 Å². The van der Waals surface area contributed by atoms with Crippen molar-refractivity contribution in [3.8, 4) is 5.75 Å². The van der Waals surface area contributed by atoms with Crippen molar-refractivity contribution in [2.24, 2.45) is 5.73 Å². The second-order valence-corrected chi connectivity index (χ2v) is 8.51. The van der Waals surface area contributed by atoms with E-state index in [1.54, 1.807) is 0 Å². The van der Waals surface area contributed by atoms with Gasteiger partial charge in [0.1, 0.15) is 10.6 Å². The van der Waals surface area contributed by atoms with Gasteiger partial charge < -0.3 is 10.5 Å². The quantitative estimate of drug-likeness (QED) is 0.517. The Labute approximate surface area is 137 Å². The van der Waals surface area contributed by atoms with Gasteiger partial charge in [0.15, 0.2) is 0 Å². The van der Waals surface area contributed by atoms with Crippen molar-refractivity contribution < 1.29 is 21.6 Å². The van der Waals surface area contributed by atoms with Crippen LogP contribution in [0.2, 0.25) is 0 Å². The molecule has 1 aromatic carbocycles. The van der Waals surface area contributed by atoms with Crippen LogP contribution in [-0.2, 0) is 20.0 Å². The van der Waals surface area contributed by atoms with Gasteiger partial charge in [-0.1, -0.05) is 0 Å². The van der Waals surface area contributed by atoms with Crippen LogP contribution in [-0.4, -0.2) is 42.8 Å². The van der Waals surface area contributed by atoms with Gasteiger partial charge in [-0.05, 0) is 38.4 Å². The fourth-order valence-electron chi connectivity index (χ4n) is 1.74. The zero-order valence-corrected chi connectivity index (χ0v) is 14.8. The fraction of sp³-hybridized carbons (Fsp3) is 0.538. The van der Waals surface area contributed by atoms with Crippen molar-refractivity contribution >= 4 is 25.7 Å². The van der Waals surface area contributed by atoms with E-state index in [1.807, 2.05) is 0 Å². The van der Waals surface area contributed by atoms with Crippen molar-refractivity contribution in [2.45, 2.75) is 24.7 Å². The summed E-state index contributed by atoms with van der Waals surface area (Å²) in [5.74, 6) is 0.175. The van der Waals surface area contributed by atoms with Gasteiger partial charge in [-0.25, -0.2) is 21.6 Å². The Morgan fingerprint density at radius 3 is 2.43 bits per heavy atom. The van der Waals surface area contributed by atoms with Crippen LogP contribution in [0.1, 0.15) is 19.8 Å². The molecule has 1 rings (SSSR count). The number of methoxy groups -OCH3 is 1. The van der Waals surface area contributed by atoms with Gasteiger partial charge in [-0.15, -0.1) is 0 Å². The van der Waals surface area contributed by atoms with Crippen LogP contribution in [0.25, 0.3) is 0 Å². The number of unbranched alkanes of at least 4 members (excludes halogenated alkanes) is 1. The van der Waals surface area contributed by atoms with E-state index in [-0.39, 0.29) is 22.9 Å². The minimum Gasteiger partial charge on any atom is -0.497 e. The van der Waals surface area contributed by atoms with Crippen molar-refractivity contribution in [1.29, 1.82) is 0 Å². The molecule has 0 aliphatic rings. The van der Waals surface area contributed by atoms with E-state index < -0.39 is 20.0 Å². The topological polar surface area (TPSA) is 128 Å². The standard InChI is InChI=1S/C13H23N3O5S2/c1-3-22(17,18)16-12-10-11(21-2)6-7-13(12)23(19,20)15-9-5-4-8-14/h6-7,10,15-16H,3-5,8-9,14H2,1-2H3. The molecule has 0 unspecified atom stereocenters. The predicted molar refractivity (Wildman–Crippen MR) is 89.6 cm³/mol. The molecule has 0 spiro atoms. The molecule has 0 aromatic heterocycles. The summed E-state index contributed by atoms with van der Waals surface area (Å²) in [6, 6.07) is 4.09. The molecule has 0 amide bonds. The third-order valence-corrected chi connectivity index (χ3v) is 5.85. The molecule has 0 aliphatic heterocycles. The maximum atomic E-state index is 12.4. The highest BCUT2D eigenvalue weighted by Gasteiger charge is 2.21. The molecule has 132 valence electrons. The number of nitrogens with one attached hydrogen (secondary N) is 2. The van der Waals surface area contributed by atoms with Crippen molar-refractivity contribution in [3.05, 3.63) is 18.2 Å². The highest BCUT2D eigenvalue weighted by Crippen LogP contribution is 2.27. The zero-order valence-electron chi connectivity index (χ0n) is 13.2. The number of hydrogen-bond acceptors (Lipinski definition) is 6. The van der Waals surface area contributed by atoms with E-state index in [0.29, 0.717) is 25.1 Å². The molecule has 0 atom stereocenters. The van der Waals surface area contributed by atoms with Gasteiger partial charge in [0.25, 0.3) is 0 Å². The molecular formula is C13H23N3O5S2. The first-order valence-corrected chi connectivity index (χ1v) is 10.3. The number of nitrogens with two attached hydrogens (primary N) is 1. The lowest BCUT2D eigenvalue weighted by Gasteiger charge is -2.14. The van der Waals surface area contributed by atoms with Gasteiger partial charge >= 0.3 is 0 Å². The van der Waals surface area contributed by atoms with Crippen LogP contribution in [0.5, 0.6) is 5.75 Å². The molecule has 0 radical (unpaired) electrons. The van der Waals surface area contributed by atoms with Crippen molar-refractivity contribution in [1.82, 2.24) is 4.72 Å². The molecule has 0 saturated carbocycles. The summed E-state index contributed by atoms with van der Waals surface area (Å²) in [7, 11) is -6.06. The molecule has 0 saturated heterocycles. The smallest absolute Gasteiger partial charge is 0.242 e. The Morgan fingerprint density at radius 2 is 1.87 bits per heavy atom. The highest BCUT2D eigenvalue weighted by molar-refractivity contribution is 7.93. The van der Waals surface area contributed by atoms with Gasteiger partial charge in [-0.3, -0.25) is 4.72 Å². The summed E-state index contributed by atoms with van der Waals surface area (Å²) in [6.07, 6.45) is 1.29. The second-order valence-electron chi connectivity index (χ2n) is 4.76. The lowest BCUT2D eigenvalue weighted by atomic mass is 10.3. The third-order valence-electron chi connectivity index (χ3n) is 3.04. The van der Waals surface area contributed by atoms with E-state index >= 15 is 0 Å². The Balaban J connectivity index is 3.13. The largest absolute Gasteiger partial charge is 0.497 e. The zero-order chi connectivity index (χ0) is 17.5. The number of benzene rings is 1. The normalized spacial score (nSPS) is 12.1. The monoisotopic (exact) mass is 365 g/mol. The van der Waals surface area contributed by atoms with Crippen LogP contribution in [0.15, 0.2) is 23.1 Å². The molecular weight excluding hydrogens is 342 g/mol. The molecule has 0 bridgehead atoms. The minimum atomic E-state index is -3.85. The first-order chi connectivity index (χ1) is 10.8. The van der Waals surface area contributed by atoms with E-state index in [4.69, 9.17) is 10.5 Å². The number of anilines is 1. The van der Waals surface area contributed by atoms with Gasteiger partial charge in [0.2, 0.25) is 20.0 Å². The summed E-state index contributed by atoms with van der Waals surface area (Å²) < 4.78 is 58.0. The summed E-state index contributed by atoms with van der Waals surface area (Å²) in [4.78, 5) is -0.150. The fourth-order valence-corrected chi connectivity index (χ4v) is 3.67. The van der Waals surface area contributed by atoms with Crippen LogP contribution in [0.4, 0.5) is 5.69 Å². The van der Waals surface area contributed by atoms with Crippen LogP contribution >= 0.6 is 0 Å². The maximum absolute atomic E-state index is 12.4. The average Bonchev–Trinajstić information content (AvgIpc) is 2.51. The first kappa shape index (κ1) is 19.7. The number of sulfonamides is 2. The maximum Gasteiger partial charge on any atom is 0.242 e. The molecule has 0 fully saturated rings. The molecule has 1 aromatic rings. The van der Waals surface area contributed by atoms with Crippen molar-refractivity contribution in [2.75, 3.05) is 30.7 Å². The van der Waals surface area contributed by atoms with Crippen LogP contribution < -0.4 is 19.9 Å². The molecule has 23 heavy (non-hydrogen) atoms. The van der Waals surface area contributed by atoms with Gasteiger partial charge in [0.05, 0.1) is 18.6 Å². The number of ether oxygens (including phenoxy) is 1. The lowest BCUT2D eigenvalue weighted by Crippen LogP contribution is -2.27. The second kappa shape index (κ2) is 8.48. The summed E-state index contributed by atoms with van der Waals surface area (Å²) in [5, 5.41) is 0. The summed E-state index contributed by atoms with van der Waals surface area (Å²) in [6.45, 7) is 2.17. The lowest BCUT2D eigenvalue weighted by molar-refractivity contribution is 0.414. The SMILES string of the molecule is CCS(=O)(=O)Nc1cc(OC)ccc1S(=O)(=O)NCCCCN. The summed E-state index contributed by atoms with van der Waals surface area (Å²) in [5.41, 5.74) is 5.32. The van der Waals surface area contributed by atoms with E-state index in [9.17, 15) is 16.8 Å². The predicted octanol–water partition coefficient (Wildman–Crippen LogP) is 0.474. The summed E-state index contributed by atoms with van der Waals surface area (Å²) >= 11 is 0. The molecule has 0 aliphatic carbocycles. The molecule has 10 heteroatoms. The Bertz CT molecular complexity index is 717. The van der Waals surface area contributed by atoms with E-state index in [2.05, 4.69) is 9.44 Å². The van der Waals surface area contributed by atoms with Crippen LogP contribution in [0.3, 0.4) is 0 Å². The van der Waals surface area contributed by atoms with Gasteiger partial charge in [0, 0.05) is 12.6 Å². The van der Waals surface area contributed by atoms with Gasteiger partial charge in [-0.2, -0.15) is 0 Å². The number of hydrogen-bond donors (Lipinski definition) is 3. The number of rotatable bonds is 10. The third kappa shape index (κ3) is 5.98. The Hall–Kier alpha value is -1.36. The highest BCUT2D eigenvalue weighted by atomic mass is 32.2. The average molecular weight is 365 g/mol. The molecule has 4 N–H and O–H groups in total. The minimum absolute atomic E-state index is 0.0440. The van der Waals surface area contributed by atoms with E-state index in [0.717, 1.165) is 0 Å². The first-order valence-electron chi connectivity index (χ1n) is 7.14.